The van der Waals surface area contributed by atoms with Crippen LogP contribution < -0.4 is 25.8 Å². The summed E-state index contributed by atoms with van der Waals surface area (Å²) in [5, 5.41) is 11.9. The average molecular weight is 516 g/mol. The van der Waals surface area contributed by atoms with Crippen LogP contribution in [0.4, 0.5) is 42.7 Å². The minimum Gasteiger partial charge on any atom is -0.373 e. The van der Waals surface area contributed by atoms with E-state index in [2.05, 4.69) is 26.1 Å². The predicted octanol–water partition coefficient (Wildman–Crippen LogP) is 5.81. The Bertz CT molecular complexity index is 1320. The molecule has 0 unspecified atom stereocenters. The van der Waals surface area contributed by atoms with E-state index in [-0.39, 0.29) is 29.2 Å². The summed E-state index contributed by atoms with van der Waals surface area (Å²) in [4.78, 5) is 33.3. The Morgan fingerprint density at radius 1 is 1.25 bits per heavy atom. The summed E-state index contributed by atoms with van der Waals surface area (Å²) in [5.74, 6) is -0.0785. The van der Waals surface area contributed by atoms with E-state index in [0.29, 0.717) is 23.7 Å². The predicted molar refractivity (Wildman–Crippen MR) is 138 cm³/mol. The summed E-state index contributed by atoms with van der Waals surface area (Å²) in [6, 6.07) is 4.82. The number of nitrogens with zero attached hydrogens (tertiary/aromatic N) is 4. The fourth-order valence-electron chi connectivity index (χ4n) is 3.83. The number of anilines is 5. The second-order valence-electron chi connectivity index (χ2n) is 9.23. The molecule has 0 atom stereocenters. The normalized spacial score (nSPS) is 13.5. The zero-order valence-electron chi connectivity index (χ0n) is 20.6. The van der Waals surface area contributed by atoms with Crippen LogP contribution in [0, 0.1) is 5.82 Å². The van der Waals surface area contributed by atoms with Gasteiger partial charge in [-0.05, 0) is 25.1 Å². The Labute approximate surface area is 212 Å². The van der Waals surface area contributed by atoms with E-state index < -0.39 is 17.3 Å². The van der Waals surface area contributed by atoms with E-state index in [0.717, 1.165) is 11.3 Å². The molecule has 2 aromatic heterocycles. The zero-order chi connectivity index (χ0) is 26.2. The number of carbonyl (C=O) groups excluding carboxylic acids is 2. The number of hydrogen-bond acceptors (Lipinski definition) is 6. The van der Waals surface area contributed by atoms with Crippen LogP contribution in [0.1, 0.15) is 39.0 Å². The highest BCUT2D eigenvalue weighted by Crippen LogP contribution is 2.35. The minimum absolute atomic E-state index is 0.0505. The Hall–Kier alpha value is -3.86. The SMILES string of the molecule is CCN1C(=O)N(c2ccc(F)c(NC(=O)Nc3onc(C(C)(C)C)c3Cl)c2)Cc2cnc(NC)cc21. The maximum Gasteiger partial charge on any atom is 0.329 e. The van der Waals surface area contributed by atoms with Gasteiger partial charge >= 0.3 is 12.1 Å². The maximum atomic E-state index is 14.6. The lowest BCUT2D eigenvalue weighted by Gasteiger charge is -2.36. The lowest BCUT2D eigenvalue weighted by atomic mass is 9.92. The molecular formula is C24H27ClFN7O3. The van der Waals surface area contributed by atoms with Gasteiger partial charge in [0, 0.05) is 42.5 Å². The van der Waals surface area contributed by atoms with Gasteiger partial charge in [0.05, 0.1) is 17.9 Å². The van der Waals surface area contributed by atoms with Gasteiger partial charge in [0.25, 0.3) is 5.88 Å². The highest BCUT2D eigenvalue weighted by atomic mass is 35.5. The van der Waals surface area contributed by atoms with E-state index in [1.165, 1.54) is 23.1 Å². The average Bonchev–Trinajstić information content (AvgIpc) is 3.20. The number of carbonyl (C=O) groups is 2. The molecular weight excluding hydrogens is 489 g/mol. The molecule has 0 fully saturated rings. The van der Waals surface area contributed by atoms with Crippen molar-refractivity contribution >= 4 is 52.4 Å². The molecule has 190 valence electrons. The highest BCUT2D eigenvalue weighted by Gasteiger charge is 2.31. The monoisotopic (exact) mass is 515 g/mol. The fourth-order valence-corrected chi connectivity index (χ4v) is 4.23. The number of fused-ring (bicyclic) bond motifs is 1. The number of halogens is 2. The van der Waals surface area contributed by atoms with Crippen molar-refractivity contribution in [2.45, 2.75) is 39.7 Å². The van der Waals surface area contributed by atoms with Crippen molar-refractivity contribution in [3.8, 4) is 0 Å². The number of rotatable bonds is 5. The molecule has 0 saturated carbocycles. The number of amides is 4. The summed E-state index contributed by atoms with van der Waals surface area (Å²) < 4.78 is 19.8. The van der Waals surface area contributed by atoms with E-state index in [1.807, 2.05) is 33.8 Å². The fraction of sp³-hybridized carbons (Fsp3) is 0.333. The molecule has 12 heteroatoms. The number of hydrogen-bond donors (Lipinski definition) is 3. The van der Waals surface area contributed by atoms with Gasteiger partial charge < -0.3 is 15.2 Å². The highest BCUT2D eigenvalue weighted by molar-refractivity contribution is 6.34. The van der Waals surface area contributed by atoms with Crippen LogP contribution in [0.5, 0.6) is 0 Å². The van der Waals surface area contributed by atoms with Crippen LogP contribution in [0.2, 0.25) is 5.02 Å². The third-order valence-electron chi connectivity index (χ3n) is 5.70. The largest absolute Gasteiger partial charge is 0.373 e. The Kier molecular flexibility index (Phi) is 6.77. The molecule has 0 radical (unpaired) electrons. The third kappa shape index (κ3) is 4.78. The van der Waals surface area contributed by atoms with Gasteiger partial charge in [-0.2, -0.15) is 0 Å². The number of urea groups is 2. The van der Waals surface area contributed by atoms with E-state index in [9.17, 15) is 14.0 Å². The summed E-state index contributed by atoms with van der Waals surface area (Å²) in [6.45, 7) is 8.23. The molecule has 1 aliphatic rings. The van der Waals surface area contributed by atoms with Crippen molar-refractivity contribution in [3.05, 3.63) is 52.6 Å². The lowest BCUT2D eigenvalue weighted by Crippen LogP contribution is -2.47. The molecule has 0 saturated heterocycles. The van der Waals surface area contributed by atoms with Gasteiger partial charge in [-0.25, -0.2) is 19.0 Å². The quantitative estimate of drug-likeness (QED) is 0.395. The van der Waals surface area contributed by atoms with Gasteiger partial charge in [0.15, 0.2) is 0 Å². The minimum atomic E-state index is -0.779. The van der Waals surface area contributed by atoms with E-state index in [4.69, 9.17) is 16.1 Å². The first-order valence-electron chi connectivity index (χ1n) is 11.3. The summed E-state index contributed by atoms with van der Waals surface area (Å²) in [5.41, 5.74) is 1.97. The molecule has 1 aromatic carbocycles. The topological polar surface area (TPSA) is 116 Å². The van der Waals surface area contributed by atoms with Crippen LogP contribution in [0.25, 0.3) is 0 Å². The second kappa shape index (κ2) is 9.65. The first-order valence-corrected chi connectivity index (χ1v) is 11.7. The molecule has 10 nitrogen and oxygen atoms in total. The summed E-state index contributed by atoms with van der Waals surface area (Å²) in [6.07, 6.45) is 1.70. The number of aromatic nitrogens is 2. The molecule has 4 amide bonds. The Balaban J connectivity index is 1.57. The van der Waals surface area contributed by atoms with Gasteiger partial charge in [0.1, 0.15) is 22.4 Å². The van der Waals surface area contributed by atoms with Gasteiger partial charge in [0.2, 0.25) is 0 Å². The standard InChI is InChI=1S/C24H27ClFN7O3/c1-6-32-17-10-18(27-5)28-11-13(17)12-33(23(32)35)14-7-8-15(26)16(9-14)29-22(34)30-21-19(25)20(31-36-21)24(2,3)4/h7-11H,6,12H2,1-5H3,(H,27,28)(H2,29,30,34). The Morgan fingerprint density at radius 3 is 2.64 bits per heavy atom. The zero-order valence-corrected chi connectivity index (χ0v) is 21.3. The lowest BCUT2D eigenvalue weighted by molar-refractivity contribution is 0.250. The molecule has 3 heterocycles. The first kappa shape index (κ1) is 25.2. The number of nitrogens with one attached hydrogen (secondary N) is 3. The van der Waals surface area contributed by atoms with Crippen LogP contribution in [-0.2, 0) is 12.0 Å². The van der Waals surface area contributed by atoms with E-state index in [1.54, 1.807) is 18.1 Å². The van der Waals surface area contributed by atoms with Crippen molar-refractivity contribution in [1.82, 2.24) is 10.1 Å². The van der Waals surface area contributed by atoms with Crippen molar-refractivity contribution in [2.24, 2.45) is 0 Å². The molecule has 0 spiro atoms. The molecule has 0 bridgehead atoms. The van der Waals surface area contributed by atoms with Crippen LogP contribution >= 0.6 is 11.6 Å². The third-order valence-corrected chi connectivity index (χ3v) is 6.05. The Morgan fingerprint density at radius 2 is 2.00 bits per heavy atom. The van der Waals surface area contributed by atoms with Crippen molar-refractivity contribution in [2.75, 3.05) is 39.3 Å². The van der Waals surface area contributed by atoms with Crippen molar-refractivity contribution in [1.29, 1.82) is 0 Å². The molecule has 3 N–H and O–H groups in total. The first-order chi connectivity index (χ1) is 17.0. The van der Waals surface area contributed by atoms with Crippen LogP contribution in [0.3, 0.4) is 0 Å². The molecule has 3 aromatic rings. The molecule has 0 aliphatic carbocycles. The summed E-state index contributed by atoms with van der Waals surface area (Å²) in [7, 11) is 1.75. The van der Waals surface area contributed by atoms with Crippen molar-refractivity contribution < 1.29 is 18.5 Å². The molecule has 4 rings (SSSR count). The van der Waals surface area contributed by atoms with Crippen LogP contribution in [0.15, 0.2) is 35.0 Å². The molecule has 36 heavy (non-hydrogen) atoms. The molecule has 1 aliphatic heterocycles. The number of pyridine rings is 1. The van der Waals surface area contributed by atoms with Gasteiger partial charge in [-0.3, -0.25) is 15.1 Å². The van der Waals surface area contributed by atoms with E-state index >= 15 is 0 Å². The second-order valence-corrected chi connectivity index (χ2v) is 9.61. The smallest absolute Gasteiger partial charge is 0.329 e. The van der Waals surface area contributed by atoms with Crippen LogP contribution in [-0.4, -0.2) is 35.8 Å². The van der Waals surface area contributed by atoms with Gasteiger partial charge in [-0.15, -0.1) is 0 Å². The summed E-state index contributed by atoms with van der Waals surface area (Å²) >= 11 is 6.29. The number of benzene rings is 1. The van der Waals surface area contributed by atoms with Gasteiger partial charge in [-0.1, -0.05) is 37.5 Å². The van der Waals surface area contributed by atoms with Crippen molar-refractivity contribution in [3.63, 3.8) is 0 Å². The maximum absolute atomic E-state index is 14.6.